The first-order valence-electron chi connectivity index (χ1n) is 9.64. The van der Waals surface area contributed by atoms with Crippen LogP contribution in [0, 0.1) is 6.92 Å². The molecule has 0 bridgehead atoms. The summed E-state index contributed by atoms with van der Waals surface area (Å²) in [6.07, 6.45) is 3.88. The third-order valence-corrected chi connectivity index (χ3v) is 7.09. The number of aromatic nitrogens is 2. The number of hydrogen-bond donors (Lipinski definition) is 0. The molecule has 1 aromatic heterocycles. The molecule has 0 unspecified atom stereocenters. The fourth-order valence-electron chi connectivity index (χ4n) is 3.72. The molecular formula is C20H23N3O5S. The topological polar surface area (TPSA) is 98.6 Å². The molecule has 2 heterocycles. The molecule has 0 spiro atoms. The van der Waals surface area contributed by atoms with Gasteiger partial charge in [-0.05, 0) is 56.5 Å². The van der Waals surface area contributed by atoms with Crippen LogP contribution in [0.3, 0.4) is 0 Å². The van der Waals surface area contributed by atoms with E-state index >= 15 is 0 Å². The van der Waals surface area contributed by atoms with E-state index in [1.165, 1.54) is 0 Å². The van der Waals surface area contributed by atoms with Gasteiger partial charge in [-0.25, -0.2) is 17.9 Å². The van der Waals surface area contributed by atoms with Gasteiger partial charge >= 0.3 is 5.97 Å². The molecule has 1 aliphatic heterocycles. The number of benzene rings is 1. The van der Waals surface area contributed by atoms with E-state index in [0.29, 0.717) is 12.0 Å². The van der Waals surface area contributed by atoms with Gasteiger partial charge in [-0.1, -0.05) is 0 Å². The molecule has 0 radical (unpaired) electrons. The Bertz CT molecular complexity index is 1020. The summed E-state index contributed by atoms with van der Waals surface area (Å²) in [6, 6.07) is 8.43. The van der Waals surface area contributed by atoms with Crippen LogP contribution in [-0.2, 0) is 19.4 Å². The second kappa shape index (κ2) is 7.62. The van der Waals surface area contributed by atoms with Gasteiger partial charge in [0, 0.05) is 24.0 Å². The van der Waals surface area contributed by atoms with Crippen molar-refractivity contribution in [1.29, 1.82) is 0 Å². The normalized spacial score (nSPS) is 20.4. The van der Waals surface area contributed by atoms with Crippen molar-refractivity contribution in [2.45, 2.75) is 38.3 Å². The molecule has 2 fully saturated rings. The van der Waals surface area contributed by atoms with Gasteiger partial charge in [-0.15, -0.1) is 0 Å². The van der Waals surface area contributed by atoms with Crippen molar-refractivity contribution in [3.05, 3.63) is 47.8 Å². The number of nitrogens with zero attached hydrogens (tertiary/aromatic N) is 3. The third kappa shape index (κ3) is 4.34. The minimum Gasteiger partial charge on any atom is -0.452 e. The van der Waals surface area contributed by atoms with E-state index < -0.39 is 15.8 Å². The minimum atomic E-state index is -3.09. The summed E-state index contributed by atoms with van der Waals surface area (Å²) in [6.45, 7) is 1.55. The second-order valence-electron chi connectivity index (χ2n) is 7.60. The maximum Gasteiger partial charge on any atom is 0.338 e. The highest BCUT2D eigenvalue weighted by Crippen LogP contribution is 2.32. The fourth-order valence-corrected chi connectivity index (χ4v) is 5.43. The van der Waals surface area contributed by atoms with Crippen LogP contribution in [0.25, 0.3) is 5.69 Å². The van der Waals surface area contributed by atoms with Crippen molar-refractivity contribution < 1.29 is 22.7 Å². The van der Waals surface area contributed by atoms with Crippen molar-refractivity contribution >= 4 is 21.7 Å². The molecule has 8 nitrogen and oxygen atoms in total. The molecule has 1 amide bonds. The first kappa shape index (κ1) is 19.6. The number of amides is 1. The number of aryl methyl sites for hydroxylation is 1. The average Bonchev–Trinajstić information content (AvgIpc) is 3.33. The Morgan fingerprint density at radius 1 is 1.14 bits per heavy atom. The lowest BCUT2D eigenvalue weighted by Gasteiger charge is -2.28. The van der Waals surface area contributed by atoms with E-state index in [2.05, 4.69) is 5.10 Å². The molecule has 29 heavy (non-hydrogen) atoms. The number of carbonyl (C=O) groups is 2. The van der Waals surface area contributed by atoms with Gasteiger partial charge < -0.3 is 9.64 Å². The summed E-state index contributed by atoms with van der Waals surface area (Å²) in [5.41, 5.74) is 2.13. The Kier molecular flexibility index (Phi) is 5.16. The Labute approximate surface area is 169 Å². The van der Waals surface area contributed by atoms with Gasteiger partial charge in [0.05, 0.1) is 22.8 Å². The summed E-state index contributed by atoms with van der Waals surface area (Å²) < 4.78 is 30.5. The molecule has 0 N–H and O–H groups in total. The van der Waals surface area contributed by atoms with E-state index in [9.17, 15) is 18.0 Å². The molecule has 154 valence electrons. The SMILES string of the molecule is Cc1ccnn1-c1ccc(C(=O)OCC(=O)N(C2CC2)[C@H]2CCS(=O)(=O)C2)cc1. The molecule has 1 saturated carbocycles. The Morgan fingerprint density at radius 3 is 2.41 bits per heavy atom. The fraction of sp³-hybridized carbons (Fsp3) is 0.450. The number of ether oxygens (including phenoxy) is 1. The zero-order chi connectivity index (χ0) is 20.6. The molecular weight excluding hydrogens is 394 g/mol. The average molecular weight is 417 g/mol. The highest BCUT2D eigenvalue weighted by atomic mass is 32.2. The van der Waals surface area contributed by atoms with Crippen LogP contribution in [0.1, 0.15) is 35.3 Å². The number of hydrogen-bond acceptors (Lipinski definition) is 6. The minimum absolute atomic E-state index is 0.00249. The molecule has 1 atom stereocenters. The summed E-state index contributed by atoms with van der Waals surface area (Å²) in [4.78, 5) is 26.6. The smallest absolute Gasteiger partial charge is 0.338 e. The Balaban J connectivity index is 1.37. The largest absolute Gasteiger partial charge is 0.452 e. The predicted octanol–water partition coefficient (Wildman–Crippen LogP) is 1.52. The van der Waals surface area contributed by atoms with Crippen molar-refractivity contribution in [3.8, 4) is 5.69 Å². The van der Waals surface area contributed by atoms with Crippen LogP contribution < -0.4 is 0 Å². The van der Waals surface area contributed by atoms with Crippen molar-refractivity contribution in [1.82, 2.24) is 14.7 Å². The van der Waals surface area contributed by atoms with Gasteiger partial charge in [-0.2, -0.15) is 5.10 Å². The van der Waals surface area contributed by atoms with Gasteiger partial charge in [0.2, 0.25) is 0 Å². The van der Waals surface area contributed by atoms with Crippen LogP contribution >= 0.6 is 0 Å². The molecule has 1 aromatic carbocycles. The highest BCUT2D eigenvalue weighted by molar-refractivity contribution is 7.91. The molecule has 4 rings (SSSR count). The lowest BCUT2D eigenvalue weighted by atomic mass is 10.2. The number of sulfone groups is 1. The summed E-state index contributed by atoms with van der Waals surface area (Å²) in [5, 5.41) is 4.22. The predicted molar refractivity (Wildman–Crippen MR) is 106 cm³/mol. The monoisotopic (exact) mass is 417 g/mol. The number of carbonyl (C=O) groups excluding carboxylic acids is 2. The molecule has 1 aliphatic carbocycles. The molecule has 2 aromatic rings. The van der Waals surface area contributed by atoms with Crippen LogP contribution in [0.5, 0.6) is 0 Å². The van der Waals surface area contributed by atoms with Gasteiger partial charge in [0.15, 0.2) is 16.4 Å². The lowest BCUT2D eigenvalue weighted by Crippen LogP contribution is -2.44. The second-order valence-corrected chi connectivity index (χ2v) is 9.83. The van der Waals surface area contributed by atoms with Crippen LogP contribution in [-0.4, -0.2) is 65.2 Å². The van der Waals surface area contributed by atoms with Gasteiger partial charge in [-0.3, -0.25) is 4.79 Å². The summed E-state index contributed by atoms with van der Waals surface area (Å²) >= 11 is 0. The van der Waals surface area contributed by atoms with Crippen LogP contribution in [0.2, 0.25) is 0 Å². The standard InChI is InChI=1S/C20H23N3O5S/c1-14-8-10-21-23(14)17-4-2-15(3-5-17)20(25)28-12-19(24)22(16-6-7-16)18-9-11-29(26,27)13-18/h2-5,8,10,16,18H,6-7,9,11-13H2,1H3/t18-/m0/s1. The molecule has 9 heteroatoms. The van der Waals surface area contributed by atoms with E-state index in [0.717, 1.165) is 24.2 Å². The van der Waals surface area contributed by atoms with E-state index in [-0.39, 0.29) is 36.1 Å². The first-order chi connectivity index (χ1) is 13.8. The zero-order valence-corrected chi connectivity index (χ0v) is 17.0. The first-order valence-corrected chi connectivity index (χ1v) is 11.5. The van der Waals surface area contributed by atoms with E-state index in [1.807, 2.05) is 13.0 Å². The number of esters is 1. The van der Waals surface area contributed by atoms with E-state index in [4.69, 9.17) is 4.74 Å². The van der Waals surface area contributed by atoms with Crippen molar-refractivity contribution in [2.24, 2.45) is 0 Å². The highest BCUT2D eigenvalue weighted by Gasteiger charge is 2.42. The lowest BCUT2D eigenvalue weighted by molar-refractivity contribution is -0.137. The Morgan fingerprint density at radius 2 is 1.86 bits per heavy atom. The molecule has 1 saturated heterocycles. The Hall–Kier alpha value is -2.68. The van der Waals surface area contributed by atoms with E-state index in [1.54, 1.807) is 40.0 Å². The third-order valence-electron chi connectivity index (χ3n) is 5.34. The molecule has 2 aliphatic rings. The van der Waals surface area contributed by atoms with Gasteiger partial charge in [0.1, 0.15) is 0 Å². The van der Waals surface area contributed by atoms with Crippen molar-refractivity contribution in [3.63, 3.8) is 0 Å². The van der Waals surface area contributed by atoms with Gasteiger partial charge in [0.25, 0.3) is 5.91 Å². The maximum atomic E-state index is 12.6. The van der Waals surface area contributed by atoms with Crippen LogP contribution in [0.15, 0.2) is 36.5 Å². The summed E-state index contributed by atoms with van der Waals surface area (Å²) in [5.74, 6) is -0.809. The summed E-state index contributed by atoms with van der Waals surface area (Å²) in [7, 11) is -3.09. The van der Waals surface area contributed by atoms with Crippen LogP contribution in [0.4, 0.5) is 0 Å². The quantitative estimate of drug-likeness (QED) is 0.661. The van der Waals surface area contributed by atoms with Crippen molar-refractivity contribution in [2.75, 3.05) is 18.1 Å². The zero-order valence-electron chi connectivity index (χ0n) is 16.2. The maximum absolute atomic E-state index is 12.6. The number of rotatable bonds is 6.